The summed E-state index contributed by atoms with van der Waals surface area (Å²) in [5.74, 6) is 0.437. The first kappa shape index (κ1) is 7.68. The predicted molar refractivity (Wildman–Crippen MR) is 46.4 cm³/mol. The van der Waals surface area contributed by atoms with Crippen LogP contribution in [0.4, 0.5) is 0 Å². The van der Waals surface area contributed by atoms with E-state index in [-0.39, 0.29) is 5.82 Å². The van der Waals surface area contributed by atoms with Crippen molar-refractivity contribution in [3.8, 4) is 5.75 Å². The number of hydrogen-bond acceptors (Lipinski definition) is 2. The van der Waals surface area contributed by atoms with Crippen molar-refractivity contribution in [2.24, 2.45) is 0 Å². The van der Waals surface area contributed by atoms with Crippen molar-refractivity contribution in [2.75, 3.05) is 6.61 Å². The molecule has 0 saturated carbocycles. The fourth-order valence-corrected chi connectivity index (χ4v) is 1.36. The van der Waals surface area contributed by atoms with Gasteiger partial charge in [0.15, 0.2) is 0 Å². The Hall–Kier alpha value is -0.955. The molecule has 0 saturated heterocycles. The monoisotopic (exact) mass is 160 g/mol. The van der Waals surface area contributed by atoms with Gasteiger partial charge in [0.1, 0.15) is 5.75 Å². The quantitative estimate of drug-likeness (QED) is 0.575. The summed E-state index contributed by atoms with van der Waals surface area (Å²) in [7, 11) is 5.62. The van der Waals surface area contributed by atoms with Gasteiger partial charge in [-0.05, 0) is 11.9 Å². The number of rotatable bonds is 0. The van der Waals surface area contributed by atoms with Crippen LogP contribution in [0.3, 0.4) is 0 Å². The highest BCUT2D eigenvalue weighted by atomic mass is 16.5. The van der Waals surface area contributed by atoms with E-state index in [0.717, 1.165) is 11.3 Å². The van der Waals surface area contributed by atoms with Gasteiger partial charge in [0.2, 0.25) is 0 Å². The van der Waals surface area contributed by atoms with Crippen LogP contribution in [0.25, 0.3) is 0 Å². The third kappa shape index (κ3) is 1.10. The van der Waals surface area contributed by atoms with Crippen molar-refractivity contribution >= 4 is 7.85 Å². The minimum Gasteiger partial charge on any atom is -0.494 e. The molecule has 2 nitrogen and oxygen atoms in total. The van der Waals surface area contributed by atoms with E-state index in [1.54, 1.807) is 0 Å². The molecule has 0 amide bonds. The van der Waals surface area contributed by atoms with Gasteiger partial charge >= 0.3 is 0 Å². The van der Waals surface area contributed by atoms with Crippen LogP contribution >= 0.6 is 0 Å². The lowest BCUT2D eigenvalue weighted by atomic mass is 9.79. The molecular weight excluding hydrogens is 151 g/mol. The molecule has 1 aliphatic rings. The van der Waals surface area contributed by atoms with Crippen LogP contribution in [0, 0.1) is 0 Å². The zero-order valence-electron chi connectivity index (χ0n) is 6.60. The first-order chi connectivity index (χ1) is 5.79. The van der Waals surface area contributed by atoms with Crippen LogP contribution in [-0.4, -0.2) is 19.6 Å². The standard InChI is InChI=1S/C9H9BO2/c10-7-5-12-8-4-2-1-3-6(8)9(7)11/h1-4,7,9,11H,5H2/t7?,9-/m1/s1. The van der Waals surface area contributed by atoms with Crippen LogP contribution in [-0.2, 0) is 0 Å². The summed E-state index contributed by atoms with van der Waals surface area (Å²) in [6.07, 6.45) is -0.588. The van der Waals surface area contributed by atoms with Crippen molar-refractivity contribution in [3.05, 3.63) is 29.8 Å². The molecule has 60 valence electrons. The summed E-state index contributed by atoms with van der Waals surface area (Å²) < 4.78 is 5.32. The second-order valence-electron chi connectivity index (χ2n) is 2.96. The maximum atomic E-state index is 9.62. The molecule has 1 aromatic carbocycles. The van der Waals surface area contributed by atoms with Crippen LogP contribution in [0.5, 0.6) is 5.75 Å². The molecule has 1 unspecified atom stereocenters. The van der Waals surface area contributed by atoms with Gasteiger partial charge in [-0.15, -0.1) is 0 Å². The normalized spacial score (nSPS) is 27.4. The fourth-order valence-electron chi connectivity index (χ4n) is 1.36. The highest BCUT2D eigenvalue weighted by Crippen LogP contribution is 2.36. The number of aliphatic hydroxyl groups is 1. The molecule has 1 heterocycles. The third-order valence-corrected chi connectivity index (χ3v) is 2.07. The average molecular weight is 160 g/mol. The highest BCUT2D eigenvalue weighted by Gasteiger charge is 2.24. The highest BCUT2D eigenvalue weighted by molar-refractivity contribution is 6.12. The van der Waals surface area contributed by atoms with Gasteiger partial charge < -0.3 is 9.84 Å². The molecule has 0 aliphatic carbocycles. The Balaban J connectivity index is 2.42. The van der Waals surface area contributed by atoms with E-state index in [1.807, 2.05) is 24.3 Å². The van der Waals surface area contributed by atoms with Crippen molar-refractivity contribution in [1.29, 1.82) is 0 Å². The number of fused-ring (bicyclic) bond motifs is 1. The van der Waals surface area contributed by atoms with Crippen molar-refractivity contribution in [2.45, 2.75) is 11.9 Å². The Labute approximate surface area is 72.6 Å². The lowest BCUT2D eigenvalue weighted by Crippen LogP contribution is -2.21. The molecule has 0 spiro atoms. The van der Waals surface area contributed by atoms with Gasteiger partial charge in [-0.1, -0.05) is 18.2 Å². The van der Waals surface area contributed by atoms with Crippen LogP contribution < -0.4 is 4.74 Å². The van der Waals surface area contributed by atoms with E-state index in [0.29, 0.717) is 6.61 Å². The molecule has 1 N–H and O–H groups in total. The van der Waals surface area contributed by atoms with Crippen molar-refractivity contribution in [3.63, 3.8) is 0 Å². The molecular formula is C9H9BO2. The van der Waals surface area contributed by atoms with Crippen LogP contribution in [0.1, 0.15) is 11.7 Å². The average Bonchev–Trinajstić information content (AvgIpc) is 2.12. The Morgan fingerprint density at radius 3 is 3.00 bits per heavy atom. The van der Waals surface area contributed by atoms with E-state index in [9.17, 15) is 5.11 Å². The molecule has 0 aromatic heterocycles. The van der Waals surface area contributed by atoms with Crippen molar-refractivity contribution < 1.29 is 9.84 Å². The van der Waals surface area contributed by atoms with Gasteiger partial charge in [-0.2, -0.15) is 0 Å². The molecule has 1 aromatic rings. The SMILES string of the molecule is [B]C1COc2ccccc2[C@H]1O. The fraction of sp³-hybridized carbons (Fsp3) is 0.333. The number of para-hydroxylation sites is 1. The summed E-state index contributed by atoms with van der Waals surface area (Å²) in [4.78, 5) is 0. The van der Waals surface area contributed by atoms with E-state index >= 15 is 0 Å². The number of hydrogen-bond donors (Lipinski definition) is 1. The van der Waals surface area contributed by atoms with E-state index in [2.05, 4.69) is 0 Å². The number of ether oxygens (including phenoxy) is 1. The Bertz CT molecular complexity index is 288. The molecule has 2 radical (unpaired) electrons. The summed E-state index contributed by atoms with van der Waals surface area (Å²) in [5.41, 5.74) is 0.788. The van der Waals surface area contributed by atoms with E-state index in [1.165, 1.54) is 0 Å². The number of aliphatic hydroxyl groups excluding tert-OH is 1. The zero-order chi connectivity index (χ0) is 8.55. The lowest BCUT2D eigenvalue weighted by molar-refractivity contribution is 0.116. The molecule has 2 atom stereocenters. The number of benzene rings is 1. The predicted octanol–water partition coefficient (Wildman–Crippen LogP) is 1.07. The smallest absolute Gasteiger partial charge is 0.125 e. The first-order valence-corrected chi connectivity index (χ1v) is 3.94. The third-order valence-electron chi connectivity index (χ3n) is 2.07. The van der Waals surface area contributed by atoms with E-state index < -0.39 is 6.10 Å². The topological polar surface area (TPSA) is 29.5 Å². The second-order valence-corrected chi connectivity index (χ2v) is 2.96. The summed E-state index contributed by atoms with van der Waals surface area (Å²) in [5, 5.41) is 9.62. The summed E-state index contributed by atoms with van der Waals surface area (Å²) >= 11 is 0. The zero-order valence-corrected chi connectivity index (χ0v) is 6.60. The van der Waals surface area contributed by atoms with Crippen LogP contribution in [0.2, 0.25) is 5.82 Å². The van der Waals surface area contributed by atoms with Gasteiger partial charge in [-0.3, -0.25) is 0 Å². The minimum absolute atomic E-state index is 0.306. The minimum atomic E-state index is -0.588. The van der Waals surface area contributed by atoms with Gasteiger partial charge in [0, 0.05) is 5.56 Å². The van der Waals surface area contributed by atoms with Gasteiger partial charge in [0.25, 0.3) is 0 Å². The maximum Gasteiger partial charge on any atom is 0.125 e. The van der Waals surface area contributed by atoms with Crippen LogP contribution in [0.15, 0.2) is 24.3 Å². The molecule has 3 heteroatoms. The largest absolute Gasteiger partial charge is 0.494 e. The molecule has 2 rings (SSSR count). The lowest BCUT2D eigenvalue weighted by Gasteiger charge is -2.27. The maximum absolute atomic E-state index is 9.62. The second kappa shape index (κ2) is 2.83. The van der Waals surface area contributed by atoms with Gasteiger partial charge in [0.05, 0.1) is 20.6 Å². The van der Waals surface area contributed by atoms with Gasteiger partial charge in [-0.25, -0.2) is 0 Å². The Kier molecular flexibility index (Phi) is 1.81. The summed E-state index contributed by atoms with van der Waals surface area (Å²) in [6.45, 7) is 0.387. The van der Waals surface area contributed by atoms with E-state index in [4.69, 9.17) is 12.6 Å². The molecule has 0 fully saturated rings. The van der Waals surface area contributed by atoms with Crippen molar-refractivity contribution in [1.82, 2.24) is 0 Å². The molecule has 0 bridgehead atoms. The Morgan fingerprint density at radius 2 is 2.17 bits per heavy atom. The molecule has 1 aliphatic heterocycles. The first-order valence-electron chi connectivity index (χ1n) is 3.94. The molecule has 12 heavy (non-hydrogen) atoms. The Morgan fingerprint density at radius 1 is 1.42 bits per heavy atom. The summed E-state index contributed by atoms with van der Waals surface area (Å²) in [6, 6.07) is 7.41.